The molecule has 0 aromatic rings. The van der Waals surface area contributed by atoms with Crippen LogP contribution in [0.2, 0.25) is 25.2 Å². The zero-order chi connectivity index (χ0) is 11.4. The van der Waals surface area contributed by atoms with Crippen molar-refractivity contribution < 1.29 is 9.53 Å². The Kier molecular flexibility index (Phi) is 5.12. The van der Waals surface area contributed by atoms with E-state index in [0.717, 1.165) is 5.57 Å². The van der Waals surface area contributed by atoms with E-state index in [0.29, 0.717) is 6.61 Å². The lowest BCUT2D eigenvalue weighted by Crippen LogP contribution is -2.35. The molecule has 0 saturated carbocycles. The fraction of sp³-hybridized carbons (Fsp3) is 0.727. The summed E-state index contributed by atoms with van der Waals surface area (Å²) in [5.74, 6) is -0.0535. The molecule has 0 bridgehead atoms. The van der Waals surface area contributed by atoms with E-state index >= 15 is 0 Å². The van der Waals surface area contributed by atoms with E-state index in [9.17, 15) is 4.79 Å². The lowest BCUT2D eigenvalue weighted by Gasteiger charge is -2.27. The molecule has 3 heteroatoms. The highest BCUT2D eigenvalue weighted by molar-refractivity contribution is 6.81. The first kappa shape index (κ1) is 13.4. The third-order valence-corrected chi connectivity index (χ3v) is 4.72. The monoisotopic (exact) mass is 214 g/mol. The Morgan fingerprint density at radius 1 is 1.43 bits per heavy atom. The summed E-state index contributed by atoms with van der Waals surface area (Å²) < 4.78 is 5.11. The van der Waals surface area contributed by atoms with Crippen LogP contribution in [-0.2, 0) is 9.53 Å². The van der Waals surface area contributed by atoms with Gasteiger partial charge in [-0.05, 0) is 20.8 Å². The summed E-state index contributed by atoms with van der Waals surface area (Å²) in [6.45, 7) is 12.9. The number of rotatable bonds is 4. The van der Waals surface area contributed by atoms with Gasteiger partial charge in [0, 0.05) is 0 Å². The highest BCUT2D eigenvalue weighted by atomic mass is 28.3. The van der Waals surface area contributed by atoms with E-state index < -0.39 is 8.07 Å². The van der Waals surface area contributed by atoms with Gasteiger partial charge in [-0.25, -0.2) is 0 Å². The number of esters is 1. The Morgan fingerprint density at radius 3 is 2.21 bits per heavy atom. The van der Waals surface area contributed by atoms with Crippen LogP contribution in [0.5, 0.6) is 0 Å². The van der Waals surface area contributed by atoms with Crippen LogP contribution in [0, 0.1) is 0 Å². The Hall–Kier alpha value is -0.573. The molecule has 0 aliphatic heterocycles. The maximum absolute atomic E-state index is 11.8. The van der Waals surface area contributed by atoms with Crippen molar-refractivity contribution in [1.82, 2.24) is 0 Å². The molecule has 0 aromatic carbocycles. The van der Waals surface area contributed by atoms with Crippen molar-refractivity contribution in [2.45, 2.75) is 46.0 Å². The largest absolute Gasteiger partial charge is 0.466 e. The van der Waals surface area contributed by atoms with Gasteiger partial charge in [0.25, 0.3) is 0 Å². The fourth-order valence-corrected chi connectivity index (χ4v) is 3.94. The number of ether oxygens (including phenoxy) is 1. The minimum atomic E-state index is -1.51. The third-order valence-electron chi connectivity index (χ3n) is 2.30. The van der Waals surface area contributed by atoms with Gasteiger partial charge in [-0.1, -0.05) is 31.3 Å². The van der Waals surface area contributed by atoms with Crippen molar-refractivity contribution in [2.75, 3.05) is 6.61 Å². The average molecular weight is 214 g/mol. The molecule has 1 unspecified atom stereocenters. The first-order chi connectivity index (χ1) is 6.34. The van der Waals surface area contributed by atoms with Crippen molar-refractivity contribution in [2.24, 2.45) is 0 Å². The van der Waals surface area contributed by atoms with Gasteiger partial charge in [-0.15, -0.1) is 0 Å². The summed E-state index contributed by atoms with van der Waals surface area (Å²) in [7, 11) is -1.51. The first-order valence-electron chi connectivity index (χ1n) is 5.14. The second kappa shape index (κ2) is 5.34. The van der Waals surface area contributed by atoms with Crippen LogP contribution in [0.3, 0.4) is 0 Å². The van der Waals surface area contributed by atoms with Gasteiger partial charge >= 0.3 is 5.97 Å². The van der Waals surface area contributed by atoms with Gasteiger partial charge in [0.1, 0.15) is 0 Å². The molecule has 14 heavy (non-hydrogen) atoms. The summed E-state index contributed by atoms with van der Waals surface area (Å²) in [5.41, 5.74) is 1.15. The maximum Gasteiger partial charge on any atom is 0.310 e. The van der Waals surface area contributed by atoms with E-state index in [4.69, 9.17) is 4.74 Å². The Morgan fingerprint density at radius 2 is 1.93 bits per heavy atom. The van der Waals surface area contributed by atoms with E-state index in [1.54, 1.807) is 0 Å². The number of carbonyl (C=O) groups is 1. The number of hydrogen-bond donors (Lipinski definition) is 0. The van der Waals surface area contributed by atoms with Crippen molar-refractivity contribution >= 4 is 14.0 Å². The zero-order valence-electron chi connectivity index (χ0n) is 10.2. The Balaban J connectivity index is 4.83. The average Bonchev–Trinajstić information content (AvgIpc) is 2.02. The van der Waals surface area contributed by atoms with Crippen LogP contribution in [0.25, 0.3) is 0 Å². The molecule has 0 aliphatic carbocycles. The summed E-state index contributed by atoms with van der Waals surface area (Å²) in [6, 6.07) is 0. The first-order valence-corrected chi connectivity index (χ1v) is 8.71. The lowest BCUT2D eigenvalue weighted by atomic mass is 10.2. The second-order valence-corrected chi connectivity index (χ2v) is 9.89. The molecule has 0 amide bonds. The molecule has 0 rings (SSSR count). The quantitative estimate of drug-likeness (QED) is 0.408. The standard InChI is InChI=1S/C11H22O2Si/c1-7-9(3)10(14(4,5)6)11(12)13-8-2/h7,10H,8H2,1-6H3/b9-7+. The SMILES string of the molecule is C/C=C(\C)C(C(=O)OCC)[Si](C)(C)C. The predicted octanol–water partition coefficient (Wildman–Crippen LogP) is 3.22. The Bertz CT molecular complexity index is 226. The van der Waals surface area contributed by atoms with E-state index in [1.165, 1.54) is 0 Å². The molecule has 0 saturated heterocycles. The topological polar surface area (TPSA) is 26.3 Å². The second-order valence-electron chi connectivity index (χ2n) is 4.58. The molecular weight excluding hydrogens is 192 g/mol. The van der Waals surface area contributed by atoms with Crippen molar-refractivity contribution in [1.29, 1.82) is 0 Å². The van der Waals surface area contributed by atoms with Crippen LogP contribution in [0.15, 0.2) is 11.6 Å². The molecule has 0 spiro atoms. The van der Waals surface area contributed by atoms with Gasteiger partial charge in [0.2, 0.25) is 0 Å². The van der Waals surface area contributed by atoms with Crippen LogP contribution < -0.4 is 0 Å². The Labute approximate surface area is 88.4 Å². The van der Waals surface area contributed by atoms with Crippen molar-refractivity contribution in [3.05, 3.63) is 11.6 Å². The molecule has 0 fully saturated rings. The lowest BCUT2D eigenvalue weighted by molar-refractivity contribution is -0.142. The fourth-order valence-electron chi connectivity index (χ4n) is 1.61. The molecule has 0 aromatic heterocycles. The number of carbonyl (C=O) groups excluding carboxylic acids is 1. The van der Waals surface area contributed by atoms with Gasteiger partial charge in [0.15, 0.2) is 0 Å². The van der Waals surface area contributed by atoms with Gasteiger partial charge in [-0.3, -0.25) is 4.79 Å². The van der Waals surface area contributed by atoms with E-state index in [-0.39, 0.29) is 11.5 Å². The molecule has 0 aliphatic rings. The zero-order valence-corrected chi connectivity index (χ0v) is 11.2. The molecule has 82 valence electrons. The van der Waals surface area contributed by atoms with Gasteiger partial charge in [-0.2, -0.15) is 0 Å². The summed E-state index contributed by atoms with van der Waals surface area (Å²) >= 11 is 0. The normalized spacial score (nSPS) is 15.1. The number of hydrogen-bond acceptors (Lipinski definition) is 2. The third kappa shape index (κ3) is 3.66. The maximum atomic E-state index is 11.8. The van der Waals surface area contributed by atoms with E-state index in [1.807, 2.05) is 26.8 Å². The number of allylic oxidation sites excluding steroid dienone is 1. The van der Waals surface area contributed by atoms with Crippen LogP contribution >= 0.6 is 0 Å². The van der Waals surface area contributed by atoms with Crippen LogP contribution in [0.4, 0.5) is 0 Å². The van der Waals surface area contributed by atoms with Crippen molar-refractivity contribution in [3.8, 4) is 0 Å². The minimum Gasteiger partial charge on any atom is -0.466 e. The molecule has 2 nitrogen and oxygen atoms in total. The summed E-state index contributed by atoms with van der Waals surface area (Å²) in [4.78, 5) is 11.8. The van der Waals surface area contributed by atoms with Crippen molar-refractivity contribution in [3.63, 3.8) is 0 Å². The highest BCUT2D eigenvalue weighted by Crippen LogP contribution is 2.30. The molecular formula is C11H22O2Si. The molecule has 0 heterocycles. The summed E-state index contributed by atoms with van der Waals surface area (Å²) in [5, 5.41) is 0. The molecule has 1 atom stereocenters. The summed E-state index contributed by atoms with van der Waals surface area (Å²) in [6.07, 6.45) is 2.01. The van der Waals surface area contributed by atoms with Gasteiger partial charge in [0.05, 0.1) is 20.2 Å². The highest BCUT2D eigenvalue weighted by Gasteiger charge is 2.34. The van der Waals surface area contributed by atoms with E-state index in [2.05, 4.69) is 19.6 Å². The van der Waals surface area contributed by atoms with Crippen LogP contribution in [-0.4, -0.2) is 20.7 Å². The molecule has 0 N–H and O–H groups in total. The van der Waals surface area contributed by atoms with Gasteiger partial charge < -0.3 is 4.74 Å². The smallest absolute Gasteiger partial charge is 0.310 e. The minimum absolute atomic E-state index is 0.00690. The molecule has 0 radical (unpaired) electrons. The predicted molar refractivity (Wildman–Crippen MR) is 63.2 cm³/mol. The van der Waals surface area contributed by atoms with Crippen LogP contribution in [0.1, 0.15) is 20.8 Å².